The lowest BCUT2D eigenvalue weighted by molar-refractivity contribution is -0.120. The van der Waals surface area contributed by atoms with Gasteiger partial charge in [-0.1, -0.05) is 19.9 Å². The van der Waals surface area contributed by atoms with E-state index in [1.807, 2.05) is 17.2 Å². The zero-order valence-corrected chi connectivity index (χ0v) is 12.4. The fourth-order valence-electron chi connectivity index (χ4n) is 3.58. The van der Waals surface area contributed by atoms with E-state index in [1.54, 1.807) is 6.20 Å². The number of anilines is 1. The van der Waals surface area contributed by atoms with E-state index in [0.29, 0.717) is 6.42 Å². The summed E-state index contributed by atoms with van der Waals surface area (Å²) in [4.78, 5) is 18.5. The van der Waals surface area contributed by atoms with Crippen molar-refractivity contribution < 1.29 is 4.79 Å². The average molecular weight is 278 g/mol. The summed E-state index contributed by atoms with van der Waals surface area (Å²) in [7, 11) is 0. The molecule has 0 radical (unpaired) electrons. The summed E-state index contributed by atoms with van der Waals surface area (Å²) in [5.74, 6) is 0.264. The Balaban J connectivity index is 1.96. The molecule has 4 rings (SSSR count). The third kappa shape index (κ3) is 1.80. The summed E-state index contributed by atoms with van der Waals surface area (Å²) in [5.41, 5.74) is 6.02. The topological polar surface area (TPSA) is 33.2 Å². The maximum absolute atomic E-state index is 12.3. The second-order valence-corrected chi connectivity index (χ2v) is 6.63. The van der Waals surface area contributed by atoms with Crippen molar-refractivity contribution in [2.24, 2.45) is 0 Å². The van der Waals surface area contributed by atoms with Crippen molar-refractivity contribution in [3.63, 3.8) is 0 Å². The number of carbonyl (C=O) groups is 1. The van der Waals surface area contributed by atoms with Crippen molar-refractivity contribution in [3.05, 3.63) is 47.8 Å². The van der Waals surface area contributed by atoms with Crippen LogP contribution in [0.25, 0.3) is 11.1 Å². The quantitative estimate of drug-likeness (QED) is 0.801. The minimum absolute atomic E-state index is 0.0970. The maximum Gasteiger partial charge on any atom is 0.227 e. The Bertz CT molecular complexity index is 734. The Morgan fingerprint density at radius 3 is 2.86 bits per heavy atom. The number of carbonyl (C=O) groups excluding carboxylic acids is 1. The van der Waals surface area contributed by atoms with Gasteiger partial charge in [0.1, 0.15) is 0 Å². The monoisotopic (exact) mass is 278 g/mol. The molecule has 2 aromatic rings. The van der Waals surface area contributed by atoms with Gasteiger partial charge < -0.3 is 4.90 Å². The van der Waals surface area contributed by atoms with E-state index in [9.17, 15) is 4.79 Å². The van der Waals surface area contributed by atoms with Gasteiger partial charge in [0.05, 0.1) is 5.69 Å². The van der Waals surface area contributed by atoms with Crippen molar-refractivity contribution in [3.8, 4) is 11.1 Å². The molecule has 0 fully saturated rings. The van der Waals surface area contributed by atoms with Gasteiger partial charge in [-0.3, -0.25) is 9.78 Å². The highest BCUT2D eigenvalue weighted by molar-refractivity contribution is 6.00. The van der Waals surface area contributed by atoms with Crippen LogP contribution in [-0.4, -0.2) is 17.4 Å². The number of benzene rings is 1. The number of amides is 1. The van der Waals surface area contributed by atoms with Crippen LogP contribution < -0.4 is 4.90 Å². The number of hydrogen-bond donors (Lipinski definition) is 0. The molecule has 21 heavy (non-hydrogen) atoms. The predicted molar refractivity (Wildman–Crippen MR) is 83.4 cm³/mol. The van der Waals surface area contributed by atoms with Crippen LogP contribution in [0.3, 0.4) is 0 Å². The molecule has 1 amide bonds. The highest BCUT2D eigenvalue weighted by atomic mass is 16.2. The smallest absolute Gasteiger partial charge is 0.227 e. The normalized spacial score (nSPS) is 18.8. The second-order valence-electron chi connectivity index (χ2n) is 6.63. The molecule has 0 saturated heterocycles. The highest BCUT2D eigenvalue weighted by Gasteiger charge is 2.40. The summed E-state index contributed by atoms with van der Waals surface area (Å²) in [6, 6.07) is 8.54. The first-order chi connectivity index (χ1) is 10.1. The van der Waals surface area contributed by atoms with Crippen LogP contribution in [0.5, 0.6) is 0 Å². The largest absolute Gasteiger partial charge is 0.311 e. The average Bonchev–Trinajstić information content (AvgIpc) is 2.89. The van der Waals surface area contributed by atoms with Crippen LogP contribution in [0.15, 0.2) is 36.7 Å². The number of hydrogen-bond acceptors (Lipinski definition) is 2. The maximum atomic E-state index is 12.3. The predicted octanol–water partition coefficient (Wildman–Crippen LogP) is 3.32. The zero-order valence-electron chi connectivity index (χ0n) is 12.4. The van der Waals surface area contributed by atoms with Crippen molar-refractivity contribution in [2.75, 3.05) is 11.4 Å². The van der Waals surface area contributed by atoms with Crippen LogP contribution in [0.2, 0.25) is 0 Å². The summed E-state index contributed by atoms with van der Waals surface area (Å²) in [6.45, 7) is 5.17. The third-order valence-electron chi connectivity index (χ3n) is 4.68. The van der Waals surface area contributed by atoms with Crippen molar-refractivity contribution >= 4 is 11.6 Å². The molecule has 3 heterocycles. The summed E-state index contributed by atoms with van der Waals surface area (Å²) in [6.07, 6.45) is 5.25. The zero-order chi connectivity index (χ0) is 14.6. The Kier molecular flexibility index (Phi) is 2.49. The summed E-state index contributed by atoms with van der Waals surface area (Å²) >= 11 is 0. The molecule has 2 aliphatic rings. The molecule has 0 unspecified atom stereocenters. The molecule has 3 heteroatoms. The Labute approximate surface area is 124 Å². The van der Waals surface area contributed by atoms with Gasteiger partial charge in [-0.25, -0.2) is 0 Å². The van der Waals surface area contributed by atoms with Gasteiger partial charge >= 0.3 is 0 Å². The molecule has 106 valence electrons. The number of pyridine rings is 1. The van der Waals surface area contributed by atoms with Crippen molar-refractivity contribution in [1.82, 2.24) is 4.98 Å². The van der Waals surface area contributed by atoms with E-state index in [0.717, 1.165) is 18.5 Å². The van der Waals surface area contributed by atoms with Crippen molar-refractivity contribution in [2.45, 2.75) is 32.1 Å². The van der Waals surface area contributed by atoms with Gasteiger partial charge in [0, 0.05) is 36.3 Å². The van der Waals surface area contributed by atoms with Gasteiger partial charge in [-0.15, -0.1) is 0 Å². The fourth-order valence-corrected chi connectivity index (χ4v) is 3.58. The fraction of sp³-hybridized carbons (Fsp3) is 0.333. The first kappa shape index (κ1) is 12.6. The molecule has 1 aromatic heterocycles. The van der Waals surface area contributed by atoms with E-state index >= 15 is 0 Å². The van der Waals surface area contributed by atoms with Crippen LogP contribution >= 0.6 is 0 Å². The molecule has 1 aromatic carbocycles. The minimum atomic E-state index is -0.0970. The van der Waals surface area contributed by atoms with E-state index < -0.39 is 0 Å². The molecular formula is C18H18N2O. The van der Waals surface area contributed by atoms with Gasteiger partial charge in [0.2, 0.25) is 5.91 Å². The molecule has 0 atom stereocenters. The molecule has 3 nitrogen and oxygen atoms in total. The molecule has 0 bridgehead atoms. The lowest BCUT2D eigenvalue weighted by Gasteiger charge is -2.37. The van der Waals surface area contributed by atoms with Crippen LogP contribution in [0.4, 0.5) is 5.69 Å². The Hall–Kier alpha value is -2.16. The van der Waals surface area contributed by atoms with E-state index in [1.165, 1.54) is 22.4 Å². The van der Waals surface area contributed by atoms with Gasteiger partial charge in [0.25, 0.3) is 0 Å². The number of nitrogens with zero attached hydrogens (tertiary/aromatic N) is 2. The molecule has 0 saturated carbocycles. The summed E-state index contributed by atoms with van der Waals surface area (Å²) < 4.78 is 0. The van der Waals surface area contributed by atoms with E-state index in [2.05, 4.69) is 37.0 Å². The summed E-state index contributed by atoms with van der Waals surface area (Å²) in [5, 5.41) is 0. The van der Waals surface area contributed by atoms with Crippen LogP contribution in [0, 0.1) is 0 Å². The standard InChI is InChI=1S/C18H18N2O/c1-18(2)10-16(21)20-7-5-12-8-14(9-15(18)17(12)20)13-4-3-6-19-11-13/h3-4,6,8-9,11H,5,7,10H2,1-2H3. The second kappa shape index (κ2) is 4.17. The number of rotatable bonds is 1. The first-order valence-electron chi connectivity index (χ1n) is 7.44. The molecule has 0 spiro atoms. The van der Waals surface area contributed by atoms with Crippen LogP contribution in [-0.2, 0) is 16.6 Å². The van der Waals surface area contributed by atoms with Gasteiger partial charge in [0.15, 0.2) is 0 Å². The van der Waals surface area contributed by atoms with Crippen LogP contribution in [0.1, 0.15) is 31.4 Å². The first-order valence-corrected chi connectivity index (χ1v) is 7.44. The lowest BCUT2D eigenvalue weighted by atomic mass is 9.76. The van der Waals surface area contributed by atoms with E-state index in [4.69, 9.17) is 0 Å². The minimum Gasteiger partial charge on any atom is -0.311 e. The van der Waals surface area contributed by atoms with Gasteiger partial charge in [-0.2, -0.15) is 0 Å². The SMILES string of the molecule is CC1(C)CC(=O)N2CCc3cc(-c4cccnc4)cc1c32. The van der Waals surface area contributed by atoms with E-state index in [-0.39, 0.29) is 11.3 Å². The molecular weight excluding hydrogens is 260 g/mol. The van der Waals surface area contributed by atoms with Gasteiger partial charge in [-0.05, 0) is 41.3 Å². The Morgan fingerprint density at radius 1 is 1.24 bits per heavy atom. The highest BCUT2D eigenvalue weighted by Crippen LogP contribution is 2.46. The molecule has 0 aliphatic carbocycles. The molecule has 2 aliphatic heterocycles. The third-order valence-corrected chi connectivity index (χ3v) is 4.68. The Morgan fingerprint density at radius 2 is 2.10 bits per heavy atom. The lowest BCUT2D eigenvalue weighted by Crippen LogP contribution is -2.40. The van der Waals surface area contributed by atoms with Crippen molar-refractivity contribution in [1.29, 1.82) is 0 Å². The number of aromatic nitrogens is 1. The molecule has 0 N–H and O–H groups in total.